The molecule has 0 bridgehead atoms. The molecule has 3 atom stereocenters. The van der Waals surface area contributed by atoms with Crippen molar-refractivity contribution in [2.24, 2.45) is 5.92 Å². The average molecular weight is 635 g/mol. The van der Waals surface area contributed by atoms with E-state index in [1.807, 2.05) is 0 Å². The molecular formula is C35H30N4O6S. The van der Waals surface area contributed by atoms with Gasteiger partial charge in [-0.15, -0.1) is 0 Å². The molecule has 232 valence electrons. The second kappa shape index (κ2) is 11.7. The van der Waals surface area contributed by atoms with E-state index in [1.54, 1.807) is 102 Å². The van der Waals surface area contributed by atoms with Gasteiger partial charge in [0.1, 0.15) is 12.7 Å². The van der Waals surface area contributed by atoms with Gasteiger partial charge in [-0.05, 0) is 54.8 Å². The van der Waals surface area contributed by atoms with Gasteiger partial charge in [-0.2, -0.15) is 4.72 Å². The first-order valence-electron chi connectivity index (χ1n) is 15.1. The average Bonchev–Trinajstić information content (AvgIpc) is 3.62. The lowest BCUT2D eigenvalue weighted by Crippen LogP contribution is -2.50. The first-order valence-corrected chi connectivity index (χ1v) is 16.6. The molecule has 0 aromatic heterocycles. The smallest absolute Gasteiger partial charge is 0.262 e. The number of benzene rings is 4. The Hall–Kier alpha value is -5.13. The quantitative estimate of drug-likeness (QED) is 0.299. The predicted octanol–water partition coefficient (Wildman–Crippen LogP) is 4.51. The monoisotopic (exact) mass is 634 g/mol. The number of hydrogen-bond acceptors (Lipinski definition) is 6. The highest BCUT2D eigenvalue weighted by atomic mass is 32.2. The summed E-state index contributed by atoms with van der Waals surface area (Å²) in [4.78, 5) is 59.2. The summed E-state index contributed by atoms with van der Waals surface area (Å²) in [6, 6.07) is 29.5. The van der Waals surface area contributed by atoms with E-state index in [1.165, 1.54) is 17.0 Å². The Bertz CT molecular complexity index is 1930. The minimum Gasteiger partial charge on any atom is -0.305 e. The van der Waals surface area contributed by atoms with Crippen LogP contribution in [0.25, 0.3) is 0 Å². The molecular weight excluding hydrogens is 604 g/mol. The minimum atomic E-state index is -4.11. The van der Waals surface area contributed by atoms with Crippen LogP contribution in [-0.2, 0) is 19.6 Å². The molecule has 1 unspecified atom stereocenters. The second-order valence-electron chi connectivity index (χ2n) is 11.6. The van der Waals surface area contributed by atoms with Crippen molar-refractivity contribution in [1.29, 1.82) is 0 Å². The fourth-order valence-corrected chi connectivity index (χ4v) is 7.97. The number of anilines is 2. The van der Waals surface area contributed by atoms with E-state index in [-0.39, 0.29) is 21.9 Å². The van der Waals surface area contributed by atoms with Gasteiger partial charge < -0.3 is 4.90 Å². The molecule has 4 amide bonds. The number of hydrogen-bond donors (Lipinski definition) is 1. The summed E-state index contributed by atoms with van der Waals surface area (Å²) in [6.07, 6.45) is 0.530. The molecule has 1 fully saturated rings. The Balaban J connectivity index is 1.32. The van der Waals surface area contributed by atoms with Crippen molar-refractivity contribution in [1.82, 2.24) is 9.62 Å². The van der Waals surface area contributed by atoms with Gasteiger partial charge in [-0.3, -0.25) is 29.0 Å². The van der Waals surface area contributed by atoms with Crippen molar-refractivity contribution in [2.45, 2.75) is 36.4 Å². The molecule has 2 heterocycles. The predicted molar refractivity (Wildman–Crippen MR) is 170 cm³/mol. The Labute approximate surface area is 266 Å². The molecule has 2 aliphatic heterocycles. The van der Waals surface area contributed by atoms with Crippen molar-refractivity contribution >= 4 is 45.0 Å². The highest BCUT2D eigenvalue weighted by Gasteiger charge is 2.49. The Morgan fingerprint density at radius 2 is 1.30 bits per heavy atom. The number of imide groups is 1. The van der Waals surface area contributed by atoms with Gasteiger partial charge in [0.2, 0.25) is 21.8 Å². The highest BCUT2D eigenvalue weighted by Crippen LogP contribution is 2.45. The van der Waals surface area contributed by atoms with E-state index >= 15 is 0 Å². The Morgan fingerprint density at radius 1 is 0.739 bits per heavy atom. The summed E-state index contributed by atoms with van der Waals surface area (Å²) in [6.45, 7) is -0.499. The number of carbonyl (C=O) groups is 4. The molecule has 4 aromatic carbocycles. The molecule has 1 N–H and O–H groups in total. The van der Waals surface area contributed by atoms with Gasteiger partial charge in [0.15, 0.2) is 0 Å². The first-order chi connectivity index (χ1) is 22.3. The zero-order valence-corrected chi connectivity index (χ0v) is 25.5. The van der Waals surface area contributed by atoms with Crippen LogP contribution in [0.1, 0.15) is 51.7 Å². The molecule has 0 spiro atoms. The van der Waals surface area contributed by atoms with E-state index in [2.05, 4.69) is 4.72 Å². The van der Waals surface area contributed by atoms with Crippen LogP contribution in [0, 0.1) is 5.92 Å². The van der Waals surface area contributed by atoms with Crippen molar-refractivity contribution in [2.75, 3.05) is 16.3 Å². The third kappa shape index (κ3) is 4.97. The Kier molecular flexibility index (Phi) is 7.50. The van der Waals surface area contributed by atoms with Gasteiger partial charge in [0.25, 0.3) is 11.8 Å². The summed E-state index contributed by atoms with van der Waals surface area (Å²) in [5, 5.41) is 0. The fourth-order valence-electron chi connectivity index (χ4n) is 6.78. The van der Waals surface area contributed by atoms with Gasteiger partial charge in [0.05, 0.1) is 33.3 Å². The van der Waals surface area contributed by atoms with E-state index in [9.17, 15) is 27.6 Å². The van der Waals surface area contributed by atoms with E-state index in [0.717, 1.165) is 4.90 Å². The van der Waals surface area contributed by atoms with Gasteiger partial charge in [-0.1, -0.05) is 79.2 Å². The number of amides is 4. The Morgan fingerprint density at radius 3 is 1.96 bits per heavy atom. The van der Waals surface area contributed by atoms with Gasteiger partial charge >= 0.3 is 0 Å². The summed E-state index contributed by atoms with van der Waals surface area (Å²) in [5.74, 6) is -2.56. The van der Waals surface area contributed by atoms with Crippen molar-refractivity contribution in [3.05, 3.63) is 126 Å². The van der Waals surface area contributed by atoms with E-state index in [4.69, 9.17) is 0 Å². The van der Waals surface area contributed by atoms with Gasteiger partial charge in [-0.25, -0.2) is 8.42 Å². The second-order valence-corrected chi connectivity index (χ2v) is 13.3. The van der Waals surface area contributed by atoms with Crippen LogP contribution in [0.4, 0.5) is 11.4 Å². The molecule has 11 heteroatoms. The van der Waals surface area contributed by atoms with Crippen molar-refractivity contribution in [3.63, 3.8) is 0 Å². The fraction of sp³-hybridized carbons (Fsp3) is 0.200. The van der Waals surface area contributed by atoms with Crippen LogP contribution in [0.3, 0.4) is 0 Å². The van der Waals surface area contributed by atoms with Crippen LogP contribution in [-0.4, -0.2) is 49.5 Å². The molecule has 46 heavy (non-hydrogen) atoms. The number of nitrogens with zero attached hydrogens (tertiary/aromatic N) is 3. The zero-order chi connectivity index (χ0) is 32.0. The van der Waals surface area contributed by atoms with Gasteiger partial charge in [0, 0.05) is 6.04 Å². The van der Waals surface area contributed by atoms with Crippen molar-refractivity contribution in [3.8, 4) is 0 Å². The number of para-hydroxylation sites is 2. The van der Waals surface area contributed by atoms with Crippen molar-refractivity contribution < 1.29 is 27.6 Å². The summed E-state index contributed by atoms with van der Waals surface area (Å²) < 4.78 is 30.2. The maximum atomic E-state index is 14.6. The zero-order valence-electron chi connectivity index (χ0n) is 24.7. The number of rotatable bonds is 7. The lowest BCUT2D eigenvalue weighted by atomic mass is 10.00. The van der Waals surface area contributed by atoms with Crippen LogP contribution in [0.5, 0.6) is 0 Å². The maximum absolute atomic E-state index is 14.6. The van der Waals surface area contributed by atoms with Crippen LogP contribution >= 0.6 is 0 Å². The summed E-state index contributed by atoms with van der Waals surface area (Å²) in [5.41, 5.74) is 1.75. The maximum Gasteiger partial charge on any atom is 0.262 e. The number of fused-ring (bicyclic) bond motifs is 3. The molecule has 3 aliphatic rings. The molecule has 0 saturated heterocycles. The molecule has 0 radical (unpaired) electrons. The molecule has 1 saturated carbocycles. The highest BCUT2D eigenvalue weighted by molar-refractivity contribution is 7.89. The lowest BCUT2D eigenvalue weighted by molar-refractivity contribution is -0.123. The van der Waals surface area contributed by atoms with Crippen LogP contribution < -0.4 is 14.5 Å². The standard InChI is InChI=1S/C35H30N4O6S/c40-31(22-37-33(41)25-16-7-8-17-26(25)34(37)42)38-28-21-11-18-27(28)35(43)39(30-20-10-9-19-29(30)38)32(23-12-3-1-4-13-23)36-46(44,45)24-14-5-2-6-15-24/h1-10,12-17,19-20,27-28,32,36H,11,18,21-22H2/t27-,28+,32?/m0/s1. The normalized spacial score (nSPS) is 19.8. The molecule has 4 aromatic rings. The van der Waals surface area contributed by atoms with Crippen LogP contribution in [0.15, 0.2) is 114 Å². The summed E-state index contributed by atoms with van der Waals surface area (Å²) >= 11 is 0. The topological polar surface area (TPSA) is 124 Å². The summed E-state index contributed by atoms with van der Waals surface area (Å²) in [7, 11) is -4.11. The molecule has 10 nitrogen and oxygen atoms in total. The minimum absolute atomic E-state index is 0.0444. The SMILES string of the molecule is O=C1c2ccccc2C(=O)N1CC(=O)N1c2ccccc2N(C(NS(=O)(=O)c2ccccc2)c2ccccc2)C(=O)[C@H]2CCC[C@H]21. The van der Waals surface area contributed by atoms with E-state index < -0.39 is 52.4 Å². The largest absolute Gasteiger partial charge is 0.305 e. The van der Waals surface area contributed by atoms with Crippen LogP contribution in [0.2, 0.25) is 0 Å². The third-order valence-electron chi connectivity index (χ3n) is 8.90. The number of sulfonamides is 1. The molecule has 7 rings (SSSR count). The van der Waals surface area contributed by atoms with E-state index in [0.29, 0.717) is 36.2 Å². The number of carbonyl (C=O) groups excluding carboxylic acids is 4. The lowest BCUT2D eigenvalue weighted by Gasteiger charge is -2.34. The number of nitrogens with one attached hydrogen (secondary N) is 1. The third-order valence-corrected chi connectivity index (χ3v) is 10.3. The first kappa shape index (κ1) is 29.6. The molecule has 1 aliphatic carbocycles.